The van der Waals surface area contributed by atoms with Gasteiger partial charge in [-0.25, -0.2) is 14.6 Å². The number of ether oxygens (including phenoxy) is 3. The van der Waals surface area contributed by atoms with E-state index in [4.69, 9.17) is 14.2 Å². The van der Waals surface area contributed by atoms with Crippen molar-refractivity contribution in [1.29, 1.82) is 0 Å². The van der Waals surface area contributed by atoms with Gasteiger partial charge in [0.15, 0.2) is 0 Å². The monoisotopic (exact) mass is 685 g/mol. The van der Waals surface area contributed by atoms with Gasteiger partial charge in [0, 0.05) is 43.5 Å². The molecule has 1 aliphatic heterocycles. The molecule has 2 heterocycles. The van der Waals surface area contributed by atoms with E-state index in [-0.39, 0.29) is 48.2 Å². The van der Waals surface area contributed by atoms with Crippen LogP contribution in [0.5, 0.6) is 5.75 Å². The molecule has 48 heavy (non-hydrogen) atoms. The second-order valence-electron chi connectivity index (χ2n) is 10.9. The number of nitrogens with one attached hydrogen (secondary N) is 2. The third kappa shape index (κ3) is 7.94. The van der Waals surface area contributed by atoms with Gasteiger partial charge in [-0.15, -0.1) is 0 Å². The fourth-order valence-electron chi connectivity index (χ4n) is 5.52. The maximum atomic E-state index is 13.7. The van der Waals surface area contributed by atoms with Gasteiger partial charge >= 0.3 is 24.5 Å². The Morgan fingerprint density at radius 1 is 1.04 bits per heavy atom. The third-order valence-corrected chi connectivity index (χ3v) is 7.70. The molecule has 2 N–H and O–H groups in total. The second kappa shape index (κ2) is 14.4. The van der Waals surface area contributed by atoms with Crippen LogP contribution in [0.3, 0.4) is 0 Å². The quantitative estimate of drug-likeness (QED) is 0.247. The number of halogens is 6. The van der Waals surface area contributed by atoms with E-state index in [0.717, 1.165) is 17.7 Å². The Morgan fingerprint density at radius 2 is 1.71 bits per heavy atom. The summed E-state index contributed by atoms with van der Waals surface area (Å²) in [5.74, 6) is -0.543. The Bertz CT molecular complexity index is 1600. The van der Waals surface area contributed by atoms with Crippen LogP contribution in [0.1, 0.15) is 64.6 Å². The summed E-state index contributed by atoms with van der Waals surface area (Å²) in [6.45, 7) is 2.67. The minimum atomic E-state index is -5.12. The van der Waals surface area contributed by atoms with Crippen LogP contribution in [0.15, 0.2) is 42.9 Å². The highest BCUT2D eigenvalue weighted by Gasteiger charge is 2.42. The zero-order chi connectivity index (χ0) is 35.4. The number of carbonyl (C=O) groups is 3. The van der Waals surface area contributed by atoms with E-state index in [0.29, 0.717) is 18.6 Å². The van der Waals surface area contributed by atoms with Gasteiger partial charge in [0.1, 0.15) is 5.75 Å². The molecule has 2 aromatic carbocycles. The van der Waals surface area contributed by atoms with Gasteiger partial charge in [-0.3, -0.25) is 14.6 Å². The summed E-state index contributed by atoms with van der Waals surface area (Å²) in [6.07, 6.45) is -8.65. The number of alkyl halides is 6. The zero-order valence-corrected chi connectivity index (χ0v) is 26.3. The fraction of sp³-hybridized carbons (Fsp3) is 0.419. The third-order valence-electron chi connectivity index (χ3n) is 7.70. The molecule has 0 saturated heterocycles. The highest BCUT2D eigenvalue weighted by atomic mass is 19.4. The van der Waals surface area contributed by atoms with Crippen LogP contribution in [0.4, 0.5) is 41.6 Å². The van der Waals surface area contributed by atoms with Crippen molar-refractivity contribution in [3.63, 3.8) is 0 Å². The van der Waals surface area contributed by atoms with Crippen molar-refractivity contribution in [2.75, 3.05) is 32.3 Å². The summed E-state index contributed by atoms with van der Waals surface area (Å²) in [7, 11) is 2.31. The number of carbonyl (C=O) groups excluding carboxylic acids is 3. The van der Waals surface area contributed by atoms with Gasteiger partial charge in [0.2, 0.25) is 0 Å². The molecule has 4 rings (SSSR count). The number of aromatic nitrogens is 2. The van der Waals surface area contributed by atoms with Crippen LogP contribution in [0.2, 0.25) is 0 Å². The van der Waals surface area contributed by atoms with Crippen molar-refractivity contribution >= 4 is 23.8 Å². The number of nitrogens with zero attached hydrogens (tertiary/aromatic N) is 3. The van der Waals surface area contributed by atoms with E-state index >= 15 is 0 Å². The Balaban J connectivity index is 1.83. The van der Waals surface area contributed by atoms with Gasteiger partial charge in [-0.1, -0.05) is 0 Å². The van der Waals surface area contributed by atoms with Crippen molar-refractivity contribution in [2.45, 2.75) is 57.7 Å². The minimum Gasteiger partial charge on any atom is -0.496 e. The molecule has 0 saturated carbocycles. The predicted octanol–water partition coefficient (Wildman–Crippen LogP) is 6.49. The molecule has 0 bridgehead atoms. The number of amides is 3. The Morgan fingerprint density at radius 3 is 2.25 bits per heavy atom. The van der Waals surface area contributed by atoms with Crippen LogP contribution < -0.4 is 15.0 Å². The molecule has 0 radical (unpaired) electrons. The lowest BCUT2D eigenvalue weighted by atomic mass is 9.88. The molecule has 3 aromatic rings. The Labute approximate surface area is 271 Å². The van der Waals surface area contributed by atoms with Crippen LogP contribution in [-0.2, 0) is 34.8 Å². The Kier molecular flexibility index (Phi) is 10.8. The summed E-state index contributed by atoms with van der Waals surface area (Å²) in [6, 6.07) is 1.99. The van der Waals surface area contributed by atoms with Crippen LogP contribution in [-0.4, -0.2) is 66.4 Å². The number of methoxy groups -OCH3 is 2. The summed E-state index contributed by atoms with van der Waals surface area (Å²) in [5, 5.41) is 2.75. The van der Waals surface area contributed by atoms with Crippen LogP contribution in [0, 0.1) is 0 Å². The molecule has 1 aromatic heterocycles. The number of hydrogen-bond donors (Lipinski definition) is 2. The first-order chi connectivity index (χ1) is 22.6. The van der Waals surface area contributed by atoms with E-state index in [9.17, 15) is 40.7 Å². The van der Waals surface area contributed by atoms with Crippen molar-refractivity contribution in [3.05, 3.63) is 76.4 Å². The van der Waals surface area contributed by atoms with Crippen molar-refractivity contribution < 1.29 is 54.9 Å². The number of benzene rings is 2. The average Bonchev–Trinajstić information content (AvgIpc) is 3.55. The summed E-state index contributed by atoms with van der Waals surface area (Å²) in [4.78, 5) is 48.8. The molecule has 260 valence electrons. The van der Waals surface area contributed by atoms with E-state index in [1.54, 1.807) is 20.0 Å². The van der Waals surface area contributed by atoms with E-state index < -0.39 is 65.8 Å². The lowest BCUT2D eigenvalue weighted by Crippen LogP contribution is -2.48. The highest BCUT2D eigenvalue weighted by Crippen LogP contribution is 2.45. The SMILES string of the molecule is CCOC(=O)N1c2cc(OC)c(C(=O)NCCc3cnc[nH]3)cc2[C@@H](N(Cc2cc(C(F)(F)F)cc(C(F)(F)F)c2)C(=O)OC)C[C@H]1C. The van der Waals surface area contributed by atoms with Gasteiger partial charge in [-0.05, 0) is 55.7 Å². The summed E-state index contributed by atoms with van der Waals surface area (Å²) < 4.78 is 97.7. The smallest absolute Gasteiger partial charge is 0.416 e. The number of fused-ring (bicyclic) bond motifs is 1. The fourth-order valence-corrected chi connectivity index (χ4v) is 5.52. The van der Waals surface area contributed by atoms with Gasteiger partial charge in [0.05, 0.1) is 55.6 Å². The van der Waals surface area contributed by atoms with Crippen LogP contribution in [0.25, 0.3) is 0 Å². The summed E-state index contributed by atoms with van der Waals surface area (Å²) in [5.41, 5.74) is -2.51. The second-order valence-corrected chi connectivity index (χ2v) is 10.9. The molecule has 0 aliphatic carbocycles. The molecule has 17 heteroatoms. The molecule has 2 atom stereocenters. The van der Waals surface area contributed by atoms with Gasteiger partial charge < -0.3 is 24.5 Å². The Hall–Kier alpha value is -4.96. The number of rotatable bonds is 9. The molecule has 0 fully saturated rings. The standard InChI is InChI=1S/C31H33F6N5O6/c1-5-48-29(45)42-17(2)8-24(22-12-23(26(46-3)13-25(22)42)27(43)39-7-6-21-14-38-16-40-21)41(28(44)47-4)15-18-9-19(30(32,33)34)11-20(10-18)31(35,36)37/h9-14,16-17,24H,5-8,15H2,1-4H3,(H,38,40)(H,39,43)/t17-,24+/m1/s1. The van der Waals surface area contributed by atoms with Crippen molar-refractivity contribution in [2.24, 2.45) is 0 Å². The summed E-state index contributed by atoms with van der Waals surface area (Å²) >= 11 is 0. The van der Waals surface area contributed by atoms with E-state index in [1.807, 2.05) is 0 Å². The molecule has 1 aliphatic rings. The highest BCUT2D eigenvalue weighted by molar-refractivity contribution is 5.99. The molecular weight excluding hydrogens is 652 g/mol. The predicted molar refractivity (Wildman–Crippen MR) is 158 cm³/mol. The van der Waals surface area contributed by atoms with Gasteiger partial charge in [0.25, 0.3) is 5.91 Å². The number of hydrogen-bond acceptors (Lipinski definition) is 7. The lowest BCUT2D eigenvalue weighted by Gasteiger charge is -2.42. The largest absolute Gasteiger partial charge is 0.496 e. The van der Waals surface area contributed by atoms with E-state index in [2.05, 4.69) is 15.3 Å². The molecule has 11 nitrogen and oxygen atoms in total. The molecular formula is C31H33F6N5O6. The normalized spacial score (nSPS) is 16.2. The van der Waals surface area contributed by atoms with Crippen LogP contribution >= 0.6 is 0 Å². The molecule has 0 spiro atoms. The molecule has 3 amide bonds. The zero-order valence-electron chi connectivity index (χ0n) is 26.3. The minimum absolute atomic E-state index is 0.00698. The maximum absolute atomic E-state index is 13.7. The first-order valence-electron chi connectivity index (χ1n) is 14.6. The first-order valence-corrected chi connectivity index (χ1v) is 14.6. The van der Waals surface area contributed by atoms with Gasteiger partial charge in [-0.2, -0.15) is 26.3 Å². The number of anilines is 1. The van der Waals surface area contributed by atoms with Crippen molar-refractivity contribution in [1.82, 2.24) is 20.2 Å². The van der Waals surface area contributed by atoms with Crippen molar-refractivity contribution in [3.8, 4) is 5.75 Å². The van der Waals surface area contributed by atoms with E-state index in [1.165, 1.54) is 30.5 Å². The lowest BCUT2D eigenvalue weighted by molar-refractivity contribution is -0.143. The number of imidazole rings is 1. The maximum Gasteiger partial charge on any atom is 0.416 e. The first kappa shape index (κ1) is 35.9. The topological polar surface area (TPSA) is 126 Å². The molecule has 0 unspecified atom stereocenters. The average molecular weight is 686 g/mol. The number of H-pyrrole nitrogens is 1. The number of aromatic amines is 1.